The number of hydrogen-bond donors (Lipinski definition) is 1. The minimum atomic E-state index is -0.184. The molecule has 0 radical (unpaired) electrons. The van der Waals surface area contributed by atoms with Crippen molar-refractivity contribution in [3.05, 3.63) is 30.1 Å². The quantitative estimate of drug-likeness (QED) is 0.716. The van der Waals surface area contributed by atoms with Crippen LogP contribution in [0.2, 0.25) is 0 Å². The first-order valence-corrected chi connectivity index (χ1v) is 6.56. The molecule has 1 heterocycles. The van der Waals surface area contributed by atoms with E-state index in [-0.39, 0.29) is 12.0 Å². The van der Waals surface area contributed by atoms with Crippen LogP contribution in [0.5, 0.6) is 0 Å². The van der Waals surface area contributed by atoms with E-state index >= 15 is 0 Å². The average Bonchev–Trinajstić information content (AvgIpc) is 2.39. The van der Waals surface area contributed by atoms with Crippen LogP contribution in [0.1, 0.15) is 32.3 Å². The van der Waals surface area contributed by atoms with Crippen LogP contribution in [0.3, 0.4) is 0 Å². The van der Waals surface area contributed by atoms with Gasteiger partial charge in [-0.3, -0.25) is 9.78 Å². The molecule has 4 nitrogen and oxygen atoms in total. The first kappa shape index (κ1) is 14.6. The second-order valence-corrected chi connectivity index (χ2v) is 4.15. The summed E-state index contributed by atoms with van der Waals surface area (Å²) in [5.41, 5.74) is 1.22. The molecule has 0 saturated heterocycles. The number of esters is 1. The molecular weight excluding hydrogens is 228 g/mol. The molecule has 0 spiro atoms. The molecule has 0 aliphatic carbocycles. The van der Waals surface area contributed by atoms with E-state index in [0.29, 0.717) is 6.61 Å². The van der Waals surface area contributed by atoms with Gasteiger partial charge < -0.3 is 10.1 Å². The Kier molecular flexibility index (Phi) is 7.03. The van der Waals surface area contributed by atoms with Crippen LogP contribution in [-0.4, -0.2) is 30.1 Å². The summed E-state index contributed by atoms with van der Waals surface area (Å²) in [7, 11) is 0. The lowest BCUT2D eigenvalue weighted by molar-refractivity contribution is -0.145. The maximum Gasteiger partial charge on any atom is 0.323 e. The Labute approximate surface area is 109 Å². The van der Waals surface area contributed by atoms with Crippen molar-refractivity contribution in [3.8, 4) is 0 Å². The molecule has 0 saturated carbocycles. The van der Waals surface area contributed by atoms with Crippen molar-refractivity contribution in [3.63, 3.8) is 0 Å². The van der Waals surface area contributed by atoms with Crippen LogP contribution in [0.4, 0.5) is 0 Å². The normalized spacial score (nSPS) is 12.1. The van der Waals surface area contributed by atoms with Crippen molar-refractivity contribution >= 4 is 5.97 Å². The smallest absolute Gasteiger partial charge is 0.323 e. The zero-order chi connectivity index (χ0) is 13.2. The highest BCUT2D eigenvalue weighted by Crippen LogP contribution is 2.01. The SMILES string of the molecule is CCCC(NCCc1ccncc1)C(=O)OCC. The Hall–Kier alpha value is -1.42. The number of aromatic nitrogens is 1. The van der Waals surface area contributed by atoms with E-state index in [0.717, 1.165) is 25.8 Å². The molecule has 0 bridgehead atoms. The molecule has 1 rings (SSSR count). The summed E-state index contributed by atoms with van der Waals surface area (Å²) >= 11 is 0. The van der Waals surface area contributed by atoms with Crippen LogP contribution >= 0.6 is 0 Å². The third-order valence-corrected chi connectivity index (χ3v) is 2.70. The number of hydrogen-bond acceptors (Lipinski definition) is 4. The van der Waals surface area contributed by atoms with Gasteiger partial charge in [0.05, 0.1) is 6.61 Å². The molecule has 0 aliphatic rings. The minimum absolute atomic E-state index is 0.144. The number of ether oxygens (including phenoxy) is 1. The molecule has 100 valence electrons. The Morgan fingerprint density at radius 2 is 2.11 bits per heavy atom. The monoisotopic (exact) mass is 250 g/mol. The summed E-state index contributed by atoms with van der Waals surface area (Å²) in [5.74, 6) is -0.144. The van der Waals surface area contributed by atoms with E-state index < -0.39 is 0 Å². The predicted octanol–water partition coefficient (Wildman–Crippen LogP) is 1.95. The summed E-state index contributed by atoms with van der Waals surface area (Å²) in [5, 5.41) is 3.26. The summed E-state index contributed by atoms with van der Waals surface area (Å²) in [6.45, 7) is 5.10. The standard InChI is InChI=1S/C14H22N2O2/c1-3-5-13(14(17)18-4-2)16-11-8-12-6-9-15-10-7-12/h6-7,9-10,13,16H,3-5,8,11H2,1-2H3. The summed E-state index contributed by atoms with van der Waals surface area (Å²) < 4.78 is 5.05. The molecule has 1 aromatic rings. The fraction of sp³-hybridized carbons (Fsp3) is 0.571. The fourth-order valence-electron chi connectivity index (χ4n) is 1.77. The van der Waals surface area contributed by atoms with Crippen LogP contribution in [-0.2, 0) is 16.0 Å². The fourth-order valence-corrected chi connectivity index (χ4v) is 1.77. The number of rotatable bonds is 8. The third-order valence-electron chi connectivity index (χ3n) is 2.70. The highest BCUT2D eigenvalue weighted by molar-refractivity contribution is 5.75. The lowest BCUT2D eigenvalue weighted by atomic mass is 10.1. The molecule has 0 fully saturated rings. The van der Waals surface area contributed by atoms with Crippen molar-refractivity contribution in [1.82, 2.24) is 10.3 Å². The minimum Gasteiger partial charge on any atom is -0.465 e. The van der Waals surface area contributed by atoms with Crippen LogP contribution in [0.25, 0.3) is 0 Å². The highest BCUT2D eigenvalue weighted by atomic mass is 16.5. The molecule has 0 aromatic carbocycles. The summed E-state index contributed by atoms with van der Waals surface area (Å²) in [4.78, 5) is 15.7. The van der Waals surface area contributed by atoms with Gasteiger partial charge >= 0.3 is 5.97 Å². The van der Waals surface area contributed by atoms with Crippen molar-refractivity contribution < 1.29 is 9.53 Å². The van der Waals surface area contributed by atoms with Crippen molar-refractivity contribution in [2.75, 3.05) is 13.2 Å². The first-order valence-electron chi connectivity index (χ1n) is 6.56. The van der Waals surface area contributed by atoms with Crippen LogP contribution in [0.15, 0.2) is 24.5 Å². The molecule has 18 heavy (non-hydrogen) atoms. The lowest BCUT2D eigenvalue weighted by Gasteiger charge is -2.16. The molecule has 0 amide bonds. The maximum absolute atomic E-state index is 11.7. The Morgan fingerprint density at radius 3 is 2.72 bits per heavy atom. The predicted molar refractivity (Wildman–Crippen MR) is 71.3 cm³/mol. The largest absolute Gasteiger partial charge is 0.465 e. The van der Waals surface area contributed by atoms with Crippen LogP contribution < -0.4 is 5.32 Å². The second-order valence-electron chi connectivity index (χ2n) is 4.15. The number of pyridine rings is 1. The lowest BCUT2D eigenvalue weighted by Crippen LogP contribution is -2.39. The van der Waals surface area contributed by atoms with Gasteiger partial charge in [-0.25, -0.2) is 0 Å². The molecule has 1 aromatic heterocycles. The van der Waals surface area contributed by atoms with Gasteiger partial charge in [-0.15, -0.1) is 0 Å². The van der Waals surface area contributed by atoms with Gasteiger partial charge in [0.15, 0.2) is 0 Å². The van der Waals surface area contributed by atoms with E-state index in [9.17, 15) is 4.79 Å². The topological polar surface area (TPSA) is 51.2 Å². The Bertz CT molecular complexity index is 341. The van der Waals surface area contributed by atoms with E-state index in [1.165, 1.54) is 5.56 Å². The highest BCUT2D eigenvalue weighted by Gasteiger charge is 2.17. The van der Waals surface area contributed by atoms with E-state index in [4.69, 9.17) is 4.74 Å². The Morgan fingerprint density at radius 1 is 1.39 bits per heavy atom. The van der Waals surface area contributed by atoms with E-state index in [1.54, 1.807) is 12.4 Å². The zero-order valence-corrected chi connectivity index (χ0v) is 11.2. The van der Waals surface area contributed by atoms with Crippen molar-refractivity contribution in [2.24, 2.45) is 0 Å². The second kappa shape index (κ2) is 8.64. The van der Waals surface area contributed by atoms with Gasteiger partial charge in [0, 0.05) is 12.4 Å². The number of carbonyl (C=O) groups excluding carboxylic acids is 1. The zero-order valence-electron chi connectivity index (χ0n) is 11.2. The van der Waals surface area contributed by atoms with E-state index in [1.807, 2.05) is 19.1 Å². The molecular formula is C14H22N2O2. The summed E-state index contributed by atoms with van der Waals surface area (Å²) in [6, 6.07) is 3.79. The third kappa shape index (κ3) is 5.27. The van der Waals surface area contributed by atoms with Crippen LogP contribution in [0, 0.1) is 0 Å². The maximum atomic E-state index is 11.7. The number of carbonyl (C=O) groups is 1. The molecule has 4 heteroatoms. The first-order chi connectivity index (χ1) is 8.77. The Balaban J connectivity index is 2.35. The van der Waals surface area contributed by atoms with Gasteiger partial charge in [-0.2, -0.15) is 0 Å². The van der Waals surface area contributed by atoms with Gasteiger partial charge in [-0.05, 0) is 44.0 Å². The number of nitrogens with zero attached hydrogens (tertiary/aromatic N) is 1. The van der Waals surface area contributed by atoms with Gasteiger partial charge in [0.2, 0.25) is 0 Å². The van der Waals surface area contributed by atoms with Gasteiger partial charge in [-0.1, -0.05) is 13.3 Å². The summed E-state index contributed by atoms with van der Waals surface area (Å²) in [6.07, 6.45) is 6.23. The molecule has 1 unspecified atom stereocenters. The van der Waals surface area contributed by atoms with Crippen molar-refractivity contribution in [1.29, 1.82) is 0 Å². The molecule has 1 N–H and O–H groups in total. The molecule has 0 aliphatic heterocycles. The van der Waals surface area contributed by atoms with Gasteiger partial charge in [0.1, 0.15) is 6.04 Å². The number of nitrogens with one attached hydrogen (secondary N) is 1. The van der Waals surface area contributed by atoms with Crippen molar-refractivity contribution in [2.45, 2.75) is 39.2 Å². The average molecular weight is 250 g/mol. The van der Waals surface area contributed by atoms with E-state index in [2.05, 4.69) is 17.2 Å². The molecule has 1 atom stereocenters. The van der Waals surface area contributed by atoms with Gasteiger partial charge in [0.25, 0.3) is 0 Å².